The number of nitrogens with one attached hydrogen (secondary N) is 1. The minimum atomic E-state index is -0.0395. The highest BCUT2D eigenvalue weighted by Gasteiger charge is 2.26. The van der Waals surface area contributed by atoms with Crippen molar-refractivity contribution in [3.05, 3.63) is 35.6 Å². The van der Waals surface area contributed by atoms with Gasteiger partial charge in [0.05, 0.1) is 0 Å². The molecule has 1 aliphatic rings. The van der Waals surface area contributed by atoms with Gasteiger partial charge >= 0.3 is 0 Å². The van der Waals surface area contributed by atoms with Crippen LogP contribution in [0.2, 0.25) is 0 Å². The van der Waals surface area contributed by atoms with Crippen LogP contribution >= 0.6 is 0 Å². The van der Waals surface area contributed by atoms with Crippen molar-refractivity contribution in [3.8, 4) is 0 Å². The molecule has 0 saturated heterocycles. The molecule has 0 radical (unpaired) electrons. The molecule has 2 rings (SSSR count). The summed E-state index contributed by atoms with van der Waals surface area (Å²) in [7, 11) is 0. The van der Waals surface area contributed by atoms with Crippen molar-refractivity contribution in [2.45, 2.75) is 51.0 Å². The monoisotopic (exact) mass is 235 g/mol. The third kappa shape index (κ3) is 3.06. The molecule has 2 unspecified atom stereocenters. The summed E-state index contributed by atoms with van der Waals surface area (Å²) in [6.07, 6.45) is 6.06. The van der Waals surface area contributed by atoms with Crippen molar-refractivity contribution >= 4 is 0 Å². The van der Waals surface area contributed by atoms with E-state index in [1.54, 1.807) is 12.1 Å². The Kier molecular flexibility index (Phi) is 4.55. The van der Waals surface area contributed by atoms with Crippen molar-refractivity contribution in [1.29, 1.82) is 0 Å². The third-order valence-electron chi connectivity index (χ3n) is 3.79. The van der Waals surface area contributed by atoms with E-state index in [0.29, 0.717) is 12.0 Å². The summed E-state index contributed by atoms with van der Waals surface area (Å²) < 4.78 is 13.9. The lowest BCUT2D eigenvalue weighted by atomic mass is 9.87. The zero-order chi connectivity index (χ0) is 12.1. The summed E-state index contributed by atoms with van der Waals surface area (Å²) in [4.78, 5) is 0. The fourth-order valence-corrected chi connectivity index (χ4v) is 2.96. The SMILES string of the molecule is CCNC1CCCCCC1c1ccccc1F. The number of rotatable bonds is 3. The second kappa shape index (κ2) is 6.15. The standard InChI is InChI=1S/C15H22FN/c1-2-17-15-11-5-3-4-9-13(15)12-8-6-7-10-14(12)16/h6-8,10,13,15,17H,2-5,9,11H2,1H3. The molecule has 1 aromatic carbocycles. The van der Waals surface area contributed by atoms with Crippen LogP contribution in [0.15, 0.2) is 24.3 Å². The van der Waals surface area contributed by atoms with E-state index in [1.165, 1.54) is 25.7 Å². The molecule has 1 aliphatic carbocycles. The lowest BCUT2D eigenvalue weighted by molar-refractivity contribution is 0.408. The fraction of sp³-hybridized carbons (Fsp3) is 0.600. The molecular formula is C15H22FN. The van der Waals surface area contributed by atoms with Crippen LogP contribution in [0.3, 0.4) is 0 Å². The first-order valence-electron chi connectivity index (χ1n) is 6.80. The quantitative estimate of drug-likeness (QED) is 0.785. The van der Waals surface area contributed by atoms with E-state index in [9.17, 15) is 4.39 Å². The molecule has 0 amide bonds. The summed E-state index contributed by atoms with van der Waals surface area (Å²) >= 11 is 0. The predicted molar refractivity (Wildman–Crippen MR) is 69.7 cm³/mol. The van der Waals surface area contributed by atoms with Crippen molar-refractivity contribution in [2.75, 3.05) is 6.54 Å². The summed E-state index contributed by atoms with van der Waals surface area (Å²) in [5.41, 5.74) is 0.903. The second-order valence-electron chi connectivity index (χ2n) is 4.93. The van der Waals surface area contributed by atoms with E-state index in [4.69, 9.17) is 0 Å². The van der Waals surface area contributed by atoms with Gasteiger partial charge in [-0.05, 0) is 31.0 Å². The van der Waals surface area contributed by atoms with Gasteiger partial charge in [0, 0.05) is 12.0 Å². The van der Waals surface area contributed by atoms with E-state index in [2.05, 4.69) is 12.2 Å². The maximum absolute atomic E-state index is 13.9. The summed E-state index contributed by atoms with van der Waals surface area (Å²) in [5, 5.41) is 3.53. The van der Waals surface area contributed by atoms with Crippen LogP contribution in [-0.2, 0) is 0 Å². The molecule has 2 heteroatoms. The number of halogens is 1. The molecule has 1 N–H and O–H groups in total. The number of benzene rings is 1. The highest BCUT2D eigenvalue weighted by atomic mass is 19.1. The molecule has 1 fully saturated rings. The Balaban J connectivity index is 2.22. The molecule has 1 saturated carbocycles. The third-order valence-corrected chi connectivity index (χ3v) is 3.79. The molecule has 0 spiro atoms. The van der Waals surface area contributed by atoms with Gasteiger partial charge in [0.1, 0.15) is 5.82 Å². The van der Waals surface area contributed by atoms with Gasteiger partial charge in [-0.15, -0.1) is 0 Å². The average Bonchev–Trinajstić information content (AvgIpc) is 2.56. The molecule has 94 valence electrons. The number of hydrogen-bond acceptors (Lipinski definition) is 1. The van der Waals surface area contributed by atoms with Gasteiger partial charge < -0.3 is 5.32 Å². The Morgan fingerprint density at radius 3 is 2.71 bits per heavy atom. The van der Waals surface area contributed by atoms with Crippen molar-refractivity contribution in [2.24, 2.45) is 0 Å². The van der Waals surface area contributed by atoms with Gasteiger partial charge in [0.15, 0.2) is 0 Å². The number of hydrogen-bond donors (Lipinski definition) is 1. The molecule has 0 heterocycles. The van der Waals surface area contributed by atoms with Crippen molar-refractivity contribution < 1.29 is 4.39 Å². The van der Waals surface area contributed by atoms with Crippen LogP contribution in [0.1, 0.15) is 50.5 Å². The Morgan fingerprint density at radius 1 is 1.18 bits per heavy atom. The highest BCUT2D eigenvalue weighted by molar-refractivity contribution is 5.23. The van der Waals surface area contributed by atoms with Crippen LogP contribution in [0.4, 0.5) is 4.39 Å². The lowest BCUT2D eigenvalue weighted by Crippen LogP contribution is -2.34. The molecule has 1 aromatic rings. The lowest BCUT2D eigenvalue weighted by Gasteiger charge is -2.26. The maximum Gasteiger partial charge on any atom is 0.126 e. The zero-order valence-corrected chi connectivity index (χ0v) is 10.6. The van der Waals surface area contributed by atoms with E-state index < -0.39 is 0 Å². The van der Waals surface area contributed by atoms with Gasteiger partial charge in [-0.1, -0.05) is 44.4 Å². The van der Waals surface area contributed by atoms with E-state index in [-0.39, 0.29) is 5.82 Å². The van der Waals surface area contributed by atoms with E-state index in [0.717, 1.165) is 18.5 Å². The summed E-state index contributed by atoms with van der Waals surface area (Å²) in [6.45, 7) is 3.10. The fourth-order valence-electron chi connectivity index (χ4n) is 2.96. The Hall–Kier alpha value is -0.890. The smallest absolute Gasteiger partial charge is 0.126 e. The predicted octanol–water partition coefficient (Wildman–Crippen LogP) is 3.85. The molecule has 17 heavy (non-hydrogen) atoms. The van der Waals surface area contributed by atoms with E-state index >= 15 is 0 Å². The van der Waals surface area contributed by atoms with Gasteiger partial charge in [0.2, 0.25) is 0 Å². The summed E-state index contributed by atoms with van der Waals surface area (Å²) in [5.74, 6) is 0.306. The van der Waals surface area contributed by atoms with Crippen LogP contribution in [0, 0.1) is 5.82 Å². The van der Waals surface area contributed by atoms with Crippen molar-refractivity contribution in [3.63, 3.8) is 0 Å². The minimum absolute atomic E-state index is 0.0395. The van der Waals surface area contributed by atoms with Gasteiger partial charge in [-0.3, -0.25) is 0 Å². The first kappa shape index (κ1) is 12.6. The molecule has 0 bridgehead atoms. The van der Waals surface area contributed by atoms with Gasteiger partial charge in [-0.2, -0.15) is 0 Å². The largest absolute Gasteiger partial charge is 0.314 e. The highest BCUT2D eigenvalue weighted by Crippen LogP contribution is 2.33. The topological polar surface area (TPSA) is 12.0 Å². The van der Waals surface area contributed by atoms with Crippen LogP contribution in [0.25, 0.3) is 0 Å². The number of likely N-dealkylation sites (N-methyl/N-ethyl adjacent to an activating group) is 1. The Labute approximate surface area is 103 Å². The normalized spacial score (nSPS) is 25.5. The van der Waals surface area contributed by atoms with Crippen LogP contribution in [-0.4, -0.2) is 12.6 Å². The van der Waals surface area contributed by atoms with Gasteiger partial charge in [-0.25, -0.2) is 4.39 Å². The molecule has 2 atom stereocenters. The first-order chi connectivity index (χ1) is 8.33. The first-order valence-corrected chi connectivity index (χ1v) is 6.80. The molecule has 0 aromatic heterocycles. The Morgan fingerprint density at radius 2 is 1.94 bits per heavy atom. The zero-order valence-electron chi connectivity index (χ0n) is 10.6. The average molecular weight is 235 g/mol. The van der Waals surface area contributed by atoms with Crippen molar-refractivity contribution in [1.82, 2.24) is 5.32 Å². The summed E-state index contributed by atoms with van der Waals surface area (Å²) in [6, 6.07) is 7.71. The molecule has 0 aliphatic heterocycles. The van der Waals surface area contributed by atoms with Crippen LogP contribution < -0.4 is 5.32 Å². The molecular weight excluding hydrogens is 213 g/mol. The maximum atomic E-state index is 13.9. The second-order valence-corrected chi connectivity index (χ2v) is 4.93. The van der Waals surface area contributed by atoms with Gasteiger partial charge in [0.25, 0.3) is 0 Å². The van der Waals surface area contributed by atoms with E-state index in [1.807, 2.05) is 12.1 Å². The van der Waals surface area contributed by atoms with Crippen LogP contribution in [0.5, 0.6) is 0 Å². The molecule has 1 nitrogen and oxygen atoms in total. The Bertz CT molecular complexity index is 351. The minimum Gasteiger partial charge on any atom is -0.314 e.